The first-order chi connectivity index (χ1) is 12.5. The molecule has 0 bridgehead atoms. The number of benzene rings is 2. The van der Waals surface area contributed by atoms with Crippen LogP contribution >= 0.6 is 0 Å². The SMILES string of the molecule is COc1ccc(-c2cc(=Nc3ccccc3)n(C)c(=O)n2C)cc1OC. The largest absolute Gasteiger partial charge is 0.493 e. The van der Waals surface area contributed by atoms with E-state index in [0.29, 0.717) is 17.0 Å². The maximum atomic E-state index is 12.7. The highest BCUT2D eigenvalue weighted by molar-refractivity contribution is 5.64. The highest BCUT2D eigenvalue weighted by Gasteiger charge is 2.11. The lowest BCUT2D eigenvalue weighted by atomic mass is 10.1. The lowest BCUT2D eigenvalue weighted by Gasteiger charge is -2.13. The molecule has 0 spiro atoms. The van der Waals surface area contributed by atoms with Crippen LogP contribution in [0.3, 0.4) is 0 Å². The topological polar surface area (TPSA) is 57.8 Å². The molecular formula is C20H21N3O3. The quantitative estimate of drug-likeness (QED) is 0.726. The van der Waals surface area contributed by atoms with Crippen molar-refractivity contribution in [2.24, 2.45) is 19.1 Å². The molecule has 6 heteroatoms. The van der Waals surface area contributed by atoms with Gasteiger partial charge in [0.1, 0.15) is 5.49 Å². The molecule has 3 rings (SSSR count). The van der Waals surface area contributed by atoms with Crippen LogP contribution in [-0.4, -0.2) is 23.4 Å². The molecule has 134 valence electrons. The summed E-state index contributed by atoms with van der Waals surface area (Å²) in [5.74, 6) is 1.24. The van der Waals surface area contributed by atoms with E-state index in [4.69, 9.17) is 9.47 Å². The van der Waals surface area contributed by atoms with Gasteiger partial charge in [0.15, 0.2) is 11.5 Å². The summed E-state index contributed by atoms with van der Waals surface area (Å²) in [6.07, 6.45) is 0. The number of aromatic nitrogens is 2. The third-order valence-corrected chi connectivity index (χ3v) is 4.22. The second-order valence-electron chi connectivity index (χ2n) is 5.81. The van der Waals surface area contributed by atoms with Gasteiger partial charge in [-0.15, -0.1) is 0 Å². The minimum atomic E-state index is -0.160. The van der Waals surface area contributed by atoms with Crippen LogP contribution < -0.4 is 20.7 Å². The van der Waals surface area contributed by atoms with E-state index in [1.165, 1.54) is 4.57 Å². The standard InChI is InChI=1S/C20H21N3O3/c1-22-16(14-10-11-17(25-3)18(12-14)26-4)13-19(23(2)20(22)24)21-15-8-6-5-7-9-15/h5-13H,1-4H3. The van der Waals surface area contributed by atoms with Gasteiger partial charge >= 0.3 is 5.69 Å². The molecule has 26 heavy (non-hydrogen) atoms. The van der Waals surface area contributed by atoms with Crippen molar-refractivity contribution in [3.05, 3.63) is 70.6 Å². The second kappa shape index (κ2) is 7.31. The molecule has 0 fully saturated rings. The Morgan fingerprint density at radius 2 is 1.54 bits per heavy atom. The highest BCUT2D eigenvalue weighted by Crippen LogP contribution is 2.31. The van der Waals surface area contributed by atoms with Crippen LogP contribution in [0.25, 0.3) is 11.3 Å². The molecule has 0 N–H and O–H groups in total. The average Bonchev–Trinajstić information content (AvgIpc) is 2.68. The molecule has 0 aliphatic rings. The summed E-state index contributed by atoms with van der Waals surface area (Å²) < 4.78 is 13.8. The molecule has 0 aliphatic heterocycles. The van der Waals surface area contributed by atoms with Crippen molar-refractivity contribution in [1.29, 1.82) is 0 Å². The van der Waals surface area contributed by atoms with Gasteiger partial charge in [0, 0.05) is 25.7 Å². The number of hydrogen-bond acceptors (Lipinski definition) is 4. The number of nitrogens with zero attached hydrogens (tertiary/aromatic N) is 3. The van der Waals surface area contributed by atoms with Gasteiger partial charge < -0.3 is 9.47 Å². The van der Waals surface area contributed by atoms with E-state index < -0.39 is 0 Å². The summed E-state index contributed by atoms with van der Waals surface area (Å²) in [5.41, 5.74) is 2.78. The van der Waals surface area contributed by atoms with E-state index in [-0.39, 0.29) is 5.69 Å². The molecule has 0 aliphatic carbocycles. The Bertz CT molecular complexity index is 1050. The fourth-order valence-corrected chi connectivity index (χ4v) is 2.76. The molecule has 6 nitrogen and oxygen atoms in total. The minimum Gasteiger partial charge on any atom is -0.493 e. The average molecular weight is 351 g/mol. The van der Waals surface area contributed by atoms with Crippen LogP contribution in [-0.2, 0) is 14.1 Å². The first-order valence-electron chi connectivity index (χ1n) is 8.14. The van der Waals surface area contributed by atoms with Gasteiger partial charge in [-0.25, -0.2) is 9.79 Å². The molecule has 0 amide bonds. The molecule has 2 aromatic carbocycles. The van der Waals surface area contributed by atoms with Crippen molar-refractivity contribution in [2.75, 3.05) is 14.2 Å². The van der Waals surface area contributed by atoms with Crippen molar-refractivity contribution in [3.63, 3.8) is 0 Å². The number of ether oxygens (including phenoxy) is 2. The summed E-state index contributed by atoms with van der Waals surface area (Å²) >= 11 is 0. The Kier molecular flexibility index (Phi) is 4.93. The van der Waals surface area contributed by atoms with Crippen molar-refractivity contribution in [1.82, 2.24) is 9.13 Å². The van der Waals surface area contributed by atoms with Gasteiger partial charge in [0.2, 0.25) is 0 Å². The Morgan fingerprint density at radius 1 is 0.846 bits per heavy atom. The summed E-state index contributed by atoms with van der Waals surface area (Å²) in [6.45, 7) is 0. The van der Waals surface area contributed by atoms with Crippen LogP contribution in [0.5, 0.6) is 11.5 Å². The fraction of sp³-hybridized carbons (Fsp3) is 0.200. The zero-order valence-electron chi connectivity index (χ0n) is 15.3. The molecule has 0 unspecified atom stereocenters. The third kappa shape index (κ3) is 3.26. The summed E-state index contributed by atoms with van der Waals surface area (Å²) in [4.78, 5) is 17.3. The lowest BCUT2D eigenvalue weighted by molar-refractivity contribution is 0.355. The first-order valence-corrected chi connectivity index (χ1v) is 8.14. The first kappa shape index (κ1) is 17.5. The minimum absolute atomic E-state index is 0.160. The Balaban J connectivity index is 2.23. The normalized spacial score (nSPS) is 11.5. The highest BCUT2D eigenvalue weighted by atomic mass is 16.5. The zero-order valence-corrected chi connectivity index (χ0v) is 15.3. The number of para-hydroxylation sites is 1. The number of rotatable bonds is 4. The van der Waals surface area contributed by atoms with Crippen LogP contribution in [0.4, 0.5) is 5.69 Å². The number of hydrogen-bond donors (Lipinski definition) is 0. The molecule has 0 radical (unpaired) electrons. The van der Waals surface area contributed by atoms with Gasteiger partial charge in [-0.05, 0) is 30.3 Å². The van der Waals surface area contributed by atoms with Gasteiger partial charge in [-0.2, -0.15) is 0 Å². The number of methoxy groups -OCH3 is 2. The third-order valence-electron chi connectivity index (χ3n) is 4.22. The fourth-order valence-electron chi connectivity index (χ4n) is 2.76. The van der Waals surface area contributed by atoms with Crippen LogP contribution in [0.1, 0.15) is 0 Å². The van der Waals surface area contributed by atoms with E-state index in [2.05, 4.69) is 4.99 Å². The van der Waals surface area contributed by atoms with Gasteiger partial charge in [-0.1, -0.05) is 18.2 Å². The molecule has 3 aromatic rings. The summed E-state index contributed by atoms with van der Waals surface area (Å²) in [6, 6.07) is 17.0. The van der Waals surface area contributed by atoms with Gasteiger partial charge in [0.05, 0.1) is 25.6 Å². The van der Waals surface area contributed by atoms with E-state index in [1.807, 2.05) is 54.6 Å². The summed E-state index contributed by atoms with van der Waals surface area (Å²) in [5, 5.41) is 0. The molecule has 1 heterocycles. The maximum Gasteiger partial charge on any atom is 0.329 e. The second-order valence-corrected chi connectivity index (χ2v) is 5.81. The molecular weight excluding hydrogens is 330 g/mol. The van der Waals surface area contributed by atoms with E-state index in [9.17, 15) is 4.79 Å². The molecule has 0 saturated heterocycles. The van der Waals surface area contributed by atoms with E-state index in [0.717, 1.165) is 16.9 Å². The van der Waals surface area contributed by atoms with Gasteiger partial charge in [0.25, 0.3) is 0 Å². The lowest BCUT2D eigenvalue weighted by Crippen LogP contribution is -2.37. The molecule has 0 atom stereocenters. The van der Waals surface area contributed by atoms with Crippen LogP contribution in [0, 0.1) is 0 Å². The maximum absolute atomic E-state index is 12.7. The van der Waals surface area contributed by atoms with Gasteiger partial charge in [-0.3, -0.25) is 9.13 Å². The Labute approximate surface area is 151 Å². The zero-order chi connectivity index (χ0) is 18.7. The summed E-state index contributed by atoms with van der Waals surface area (Å²) in [7, 11) is 6.62. The van der Waals surface area contributed by atoms with Crippen molar-refractivity contribution in [3.8, 4) is 22.8 Å². The van der Waals surface area contributed by atoms with E-state index >= 15 is 0 Å². The smallest absolute Gasteiger partial charge is 0.329 e. The molecule has 0 saturated carbocycles. The molecule has 1 aromatic heterocycles. The Hall–Kier alpha value is -3.28. The van der Waals surface area contributed by atoms with Crippen LogP contribution in [0.2, 0.25) is 0 Å². The predicted molar refractivity (Wildman–Crippen MR) is 101 cm³/mol. The predicted octanol–water partition coefficient (Wildman–Crippen LogP) is 2.64. The monoisotopic (exact) mass is 351 g/mol. The van der Waals surface area contributed by atoms with E-state index in [1.54, 1.807) is 32.9 Å². The van der Waals surface area contributed by atoms with Crippen molar-refractivity contribution < 1.29 is 9.47 Å². The van der Waals surface area contributed by atoms with Crippen molar-refractivity contribution >= 4 is 5.69 Å². The van der Waals surface area contributed by atoms with Crippen LogP contribution in [0.15, 0.2) is 64.4 Å². The Morgan fingerprint density at radius 3 is 2.19 bits per heavy atom. The van der Waals surface area contributed by atoms with Crippen molar-refractivity contribution in [2.45, 2.75) is 0 Å².